The second-order valence-corrected chi connectivity index (χ2v) is 3.90. The molecule has 0 spiro atoms. The van der Waals surface area contributed by atoms with E-state index in [4.69, 9.17) is 5.73 Å². The van der Waals surface area contributed by atoms with Crippen LogP contribution in [0, 0.1) is 0 Å². The van der Waals surface area contributed by atoms with Gasteiger partial charge in [-0.15, -0.1) is 0 Å². The lowest BCUT2D eigenvalue weighted by Crippen LogP contribution is -1.82. The van der Waals surface area contributed by atoms with Crippen molar-refractivity contribution in [1.82, 2.24) is 4.98 Å². The molecule has 13 heavy (non-hydrogen) atoms. The SMILES string of the molecule is CSCc1cc2c(N)cccc2[nH]1. The van der Waals surface area contributed by atoms with Crippen molar-refractivity contribution in [3.63, 3.8) is 0 Å². The monoisotopic (exact) mass is 192 g/mol. The van der Waals surface area contributed by atoms with Crippen LogP contribution in [-0.2, 0) is 5.75 Å². The highest BCUT2D eigenvalue weighted by Gasteiger charge is 2.01. The summed E-state index contributed by atoms with van der Waals surface area (Å²) in [5.74, 6) is 1.01. The molecule has 0 saturated heterocycles. The Morgan fingerprint density at radius 1 is 1.46 bits per heavy atom. The summed E-state index contributed by atoms with van der Waals surface area (Å²) in [5, 5.41) is 1.13. The van der Waals surface area contributed by atoms with Crippen molar-refractivity contribution in [2.75, 3.05) is 12.0 Å². The average molecular weight is 192 g/mol. The molecule has 2 nitrogen and oxygen atoms in total. The van der Waals surface area contributed by atoms with Crippen LogP contribution in [0.3, 0.4) is 0 Å². The van der Waals surface area contributed by atoms with Crippen molar-refractivity contribution < 1.29 is 0 Å². The van der Waals surface area contributed by atoms with Gasteiger partial charge in [0.25, 0.3) is 0 Å². The zero-order valence-corrected chi connectivity index (χ0v) is 8.32. The number of nitrogen functional groups attached to an aromatic ring is 1. The Morgan fingerprint density at radius 3 is 3.00 bits per heavy atom. The highest BCUT2D eigenvalue weighted by Crippen LogP contribution is 2.22. The van der Waals surface area contributed by atoms with E-state index >= 15 is 0 Å². The lowest BCUT2D eigenvalue weighted by Gasteiger charge is -1.92. The fraction of sp³-hybridized carbons (Fsp3) is 0.200. The van der Waals surface area contributed by atoms with Gasteiger partial charge in [-0.1, -0.05) is 6.07 Å². The number of fused-ring (bicyclic) bond motifs is 1. The fourth-order valence-corrected chi connectivity index (χ4v) is 1.94. The van der Waals surface area contributed by atoms with Crippen LogP contribution in [0.4, 0.5) is 5.69 Å². The molecule has 1 aromatic carbocycles. The first-order valence-electron chi connectivity index (χ1n) is 4.16. The van der Waals surface area contributed by atoms with Crippen LogP contribution in [0.25, 0.3) is 10.9 Å². The van der Waals surface area contributed by atoms with Crippen LogP contribution < -0.4 is 5.73 Å². The molecule has 0 unspecified atom stereocenters. The summed E-state index contributed by atoms with van der Waals surface area (Å²) in [6.07, 6.45) is 2.09. The van der Waals surface area contributed by atoms with Gasteiger partial charge < -0.3 is 10.7 Å². The zero-order valence-electron chi connectivity index (χ0n) is 7.50. The maximum Gasteiger partial charge on any atom is 0.0477 e. The molecule has 0 amide bonds. The maximum atomic E-state index is 5.84. The number of hydrogen-bond acceptors (Lipinski definition) is 2. The molecule has 1 heterocycles. The predicted octanol–water partition coefficient (Wildman–Crippen LogP) is 2.61. The number of anilines is 1. The number of thioether (sulfide) groups is 1. The van der Waals surface area contributed by atoms with Gasteiger partial charge in [0, 0.05) is 28.0 Å². The van der Waals surface area contributed by atoms with Gasteiger partial charge in [-0.2, -0.15) is 11.8 Å². The van der Waals surface area contributed by atoms with E-state index < -0.39 is 0 Å². The highest BCUT2D eigenvalue weighted by molar-refractivity contribution is 7.97. The number of H-pyrrole nitrogens is 1. The Hall–Kier alpha value is -1.09. The summed E-state index contributed by atoms with van der Waals surface area (Å²) in [5.41, 5.74) is 9.05. The van der Waals surface area contributed by atoms with Crippen LogP contribution in [0.15, 0.2) is 24.3 Å². The number of rotatable bonds is 2. The quantitative estimate of drug-likeness (QED) is 0.718. The summed E-state index contributed by atoms with van der Waals surface area (Å²) in [6.45, 7) is 0. The van der Waals surface area contributed by atoms with Crippen LogP contribution in [0.2, 0.25) is 0 Å². The van der Waals surface area contributed by atoms with Crippen molar-refractivity contribution in [1.29, 1.82) is 0 Å². The van der Waals surface area contributed by atoms with E-state index in [1.165, 1.54) is 5.69 Å². The molecule has 0 radical (unpaired) electrons. The van der Waals surface area contributed by atoms with E-state index in [1.807, 2.05) is 12.1 Å². The Kier molecular flexibility index (Phi) is 2.19. The van der Waals surface area contributed by atoms with Crippen LogP contribution in [-0.4, -0.2) is 11.2 Å². The zero-order chi connectivity index (χ0) is 9.26. The molecule has 0 saturated carbocycles. The molecule has 3 heteroatoms. The molecule has 68 valence electrons. The third-order valence-corrected chi connectivity index (χ3v) is 2.65. The normalized spacial score (nSPS) is 10.8. The van der Waals surface area contributed by atoms with Crippen molar-refractivity contribution in [2.24, 2.45) is 0 Å². The van der Waals surface area contributed by atoms with Crippen molar-refractivity contribution in [3.8, 4) is 0 Å². The first-order chi connectivity index (χ1) is 6.31. The summed E-state index contributed by atoms with van der Waals surface area (Å²) < 4.78 is 0. The van der Waals surface area contributed by atoms with Gasteiger partial charge in [-0.05, 0) is 24.5 Å². The molecule has 0 aliphatic rings. The molecule has 0 aliphatic carbocycles. The van der Waals surface area contributed by atoms with Crippen molar-refractivity contribution in [2.45, 2.75) is 5.75 Å². The van der Waals surface area contributed by atoms with E-state index in [0.29, 0.717) is 0 Å². The minimum atomic E-state index is 0.848. The van der Waals surface area contributed by atoms with E-state index in [1.54, 1.807) is 11.8 Å². The second kappa shape index (κ2) is 3.34. The number of nitrogens with two attached hydrogens (primary N) is 1. The van der Waals surface area contributed by atoms with E-state index in [9.17, 15) is 0 Å². The first kappa shape index (κ1) is 8.51. The Balaban J connectivity index is 2.55. The predicted molar refractivity (Wildman–Crippen MR) is 59.9 cm³/mol. The summed E-state index contributed by atoms with van der Waals surface area (Å²) in [7, 11) is 0. The van der Waals surface area contributed by atoms with Gasteiger partial charge in [0.05, 0.1) is 0 Å². The fourth-order valence-electron chi connectivity index (χ4n) is 1.47. The molecule has 0 fully saturated rings. The van der Waals surface area contributed by atoms with E-state index in [2.05, 4.69) is 23.4 Å². The van der Waals surface area contributed by atoms with Crippen molar-refractivity contribution >= 4 is 28.4 Å². The Labute approximate surface area is 81.5 Å². The first-order valence-corrected chi connectivity index (χ1v) is 5.55. The molecule has 3 N–H and O–H groups in total. The van der Waals surface area contributed by atoms with Gasteiger partial charge >= 0.3 is 0 Å². The van der Waals surface area contributed by atoms with Crippen LogP contribution in [0.5, 0.6) is 0 Å². The minimum absolute atomic E-state index is 0.848. The molecular weight excluding hydrogens is 180 g/mol. The van der Waals surface area contributed by atoms with Gasteiger partial charge in [0.1, 0.15) is 0 Å². The largest absolute Gasteiger partial charge is 0.398 e. The Bertz CT molecular complexity index is 420. The molecule has 0 atom stereocenters. The van der Waals surface area contributed by atoms with Gasteiger partial charge in [-0.25, -0.2) is 0 Å². The molecule has 1 aromatic heterocycles. The average Bonchev–Trinajstić information content (AvgIpc) is 2.49. The topological polar surface area (TPSA) is 41.8 Å². The van der Waals surface area contributed by atoms with Gasteiger partial charge in [0.2, 0.25) is 0 Å². The number of aromatic amines is 1. The Morgan fingerprint density at radius 2 is 2.31 bits per heavy atom. The number of aromatic nitrogens is 1. The smallest absolute Gasteiger partial charge is 0.0477 e. The standard InChI is InChI=1S/C10H12N2S/c1-13-6-7-5-8-9(11)3-2-4-10(8)12-7/h2-5,12H,6,11H2,1H3. The summed E-state index contributed by atoms with van der Waals surface area (Å²) >= 11 is 1.80. The highest BCUT2D eigenvalue weighted by atomic mass is 32.2. The molecule has 0 bridgehead atoms. The lowest BCUT2D eigenvalue weighted by atomic mass is 10.2. The number of benzene rings is 1. The van der Waals surface area contributed by atoms with Crippen LogP contribution >= 0.6 is 11.8 Å². The maximum absolute atomic E-state index is 5.84. The van der Waals surface area contributed by atoms with Gasteiger partial charge in [-0.3, -0.25) is 0 Å². The molecule has 2 rings (SSSR count). The van der Waals surface area contributed by atoms with Gasteiger partial charge in [0.15, 0.2) is 0 Å². The minimum Gasteiger partial charge on any atom is -0.398 e. The third-order valence-electron chi connectivity index (χ3n) is 2.05. The third kappa shape index (κ3) is 1.52. The second-order valence-electron chi connectivity index (χ2n) is 3.04. The van der Waals surface area contributed by atoms with Crippen molar-refractivity contribution in [3.05, 3.63) is 30.0 Å². The number of nitrogens with one attached hydrogen (secondary N) is 1. The molecular formula is C10H12N2S. The molecule has 0 aliphatic heterocycles. The van der Waals surface area contributed by atoms with E-state index in [-0.39, 0.29) is 0 Å². The van der Waals surface area contributed by atoms with Crippen LogP contribution in [0.1, 0.15) is 5.69 Å². The molecule has 2 aromatic rings. The number of hydrogen-bond donors (Lipinski definition) is 2. The van der Waals surface area contributed by atoms with E-state index in [0.717, 1.165) is 22.3 Å². The summed E-state index contributed by atoms with van der Waals surface area (Å²) in [6, 6.07) is 8.08. The summed E-state index contributed by atoms with van der Waals surface area (Å²) in [4.78, 5) is 3.34. The lowest BCUT2D eigenvalue weighted by molar-refractivity contribution is 1.27.